The molecule has 0 unspecified atom stereocenters. The largest absolute Gasteiger partial charge is 0.481 e. The third-order valence-corrected chi connectivity index (χ3v) is 4.43. The van der Waals surface area contributed by atoms with E-state index in [1.54, 1.807) is 25.4 Å². The van der Waals surface area contributed by atoms with Crippen LogP contribution in [0.15, 0.2) is 42.6 Å². The number of hydrogen-bond donors (Lipinski definition) is 1. The second-order valence-corrected chi connectivity index (χ2v) is 6.35. The smallest absolute Gasteiger partial charge is 0.321 e. The number of piperazine rings is 1. The van der Waals surface area contributed by atoms with Gasteiger partial charge in [-0.3, -0.25) is 4.90 Å². The van der Waals surface area contributed by atoms with E-state index in [1.165, 1.54) is 5.56 Å². The van der Waals surface area contributed by atoms with Gasteiger partial charge in [0, 0.05) is 43.8 Å². The van der Waals surface area contributed by atoms with Gasteiger partial charge < -0.3 is 15.0 Å². The van der Waals surface area contributed by atoms with E-state index in [-0.39, 0.29) is 6.03 Å². The molecule has 2 amide bonds. The van der Waals surface area contributed by atoms with Crippen LogP contribution in [0.4, 0.5) is 10.5 Å². The fraction of sp³-hybridized carbons (Fsp3) is 0.333. The summed E-state index contributed by atoms with van der Waals surface area (Å²) in [6.07, 6.45) is 1.59. The highest BCUT2D eigenvalue weighted by atomic mass is 35.5. The van der Waals surface area contributed by atoms with Gasteiger partial charge >= 0.3 is 6.03 Å². The Morgan fingerprint density at radius 3 is 2.48 bits per heavy atom. The van der Waals surface area contributed by atoms with Crippen LogP contribution in [-0.4, -0.2) is 54.1 Å². The number of methoxy groups -OCH3 is 1. The monoisotopic (exact) mass is 360 g/mol. The minimum Gasteiger partial charge on any atom is -0.481 e. The van der Waals surface area contributed by atoms with E-state index in [0.717, 1.165) is 24.7 Å². The number of ether oxygens (including phenoxy) is 1. The number of amides is 2. The number of nitrogens with one attached hydrogen (secondary N) is 1. The van der Waals surface area contributed by atoms with Crippen molar-refractivity contribution in [2.75, 3.05) is 38.6 Å². The van der Waals surface area contributed by atoms with E-state index in [2.05, 4.69) is 15.2 Å². The number of rotatable bonds is 4. The van der Waals surface area contributed by atoms with Crippen molar-refractivity contribution in [2.24, 2.45) is 0 Å². The first-order valence-electron chi connectivity index (χ1n) is 8.17. The third kappa shape index (κ3) is 4.84. The number of carbonyl (C=O) groups is 1. The van der Waals surface area contributed by atoms with Gasteiger partial charge in [0.05, 0.1) is 19.0 Å². The number of hydrogen-bond acceptors (Lipinski definition) is 4. The number of nitrogens with zero attached hydrogens (tertiary/aromatic N) is 3. The Labute approximate surface area is 152 Å². The Bertz CT molecular complexity index is 698. The summed E-state index contributed by atoms with van der Waals surface area (Å²) in [6, 6.07) is 11.3. The summed E-state index contributed by atoms with van der Waals surface area (Å²) in [4.78, 5) is 20.6. The van der Waals surface area contributed by atoms with Gasteiger partial charge in [0.2, 0.25) is 5.88 Å². The molecular formula is C18H21ClN4O2. The normalized spacial score (nSPS) is 15.0. The first-order chi connectivity index (χ1) is 12.1. The van der Waals surface area contributed by atoms with E-state index in [1.807, 2.05) is 29.2 Å². The van der Waals surface area contributed by atoms with Gasteiger partial charge in [-0.15, -0.1) is 0 Å². The van der Waals surface area contributed by atoms with Crippen LogP contribution in [-0.2, 0) is 6.54 Å². The first-order valence-corrected chi connectivity index (χ1v) is 8.54. The molecule has 1 aliphatic rings. The molecule has 25 heavy (non-hydrogen) atoms. The fourth-order valence-corrected chi connectivity index (χ4v) is 2.86. The number of benzene rings is 1. The topological polar surface area (TPSA) is 57.7 Å². The lowest BCUT2D eigenvalue weighted by Crippen LogP contribution is -2.49. The zero-order valence-corrected chi connectivity index (χ0v) is 14.9. The second-order valence-electron chi connectivity index (χ2n) is 5.91. The van der Waals surface area contributed by atoms with Crippen molar-refractivity contribution < 1.29 is 9.53 Å². The number of urea groups is 1. The molecule has 1 fully saturated rings. The molecule has 1 aromatic heterocycles. The zero-order chi connectivity index (χ0) is 17.6. The summed E-state index contributed by atoms with van der Waals surface area (Å²) in [5, 5.41) is 3.62. The van der Waals surface area contributed by atoms with Crippen molar-refractivity contribution in [3.8, 4) is 5.88 Å². The number of aromatic nitrogens is 1. The number of pyridine rings is 1. The Morgan fingerprint density at radius 2 is 1.88 bits per heavy atom. The quantitative estimate of drug-likeness (QED) is 0.910. The van der Waals surface area contributed by atoms with Gasteiger partial charge in [0.1, 0.15) is 0 Å². The van der Waals surface area contributed by atoms with Crippen LogP contribution in [0.5, 0.6) is 5.88 Å². The molecule has 1 N–H and O–H groups in total. The number of anilines is 1. The van der Waals surface area contributed by atoms with E-state index in [9.17, 15) is 4.79 Å². The molecule has 132 valence electrons. The van der Waals surface area contributed by atoms with Crippen LogP contribution in [0, 0.1) is 0 Å². The maximum Gasteiger partial charge on any atom is 0.321 e. The fourth-order valence-electron chi connectivity index (χ4n) is 2.73. The van der Waals surface area contributed by atoms with E-state index in [0.29, 0.717) is 24.7 Å². The van der Waals surface area contributed by atoms with E-state index in [4.69, 9.17) is 16.3 Å². The predicted octanol–water partition coefficient (Wildman–Crippen LogP) is 3.09. The SMILES string of the molecule is COc1ccc(NC(=O)N2CCN(Cc3ccc(Cl)cc3)CC2)cn1. The summed E-state index contributed by atoms with van der Waals surface area (Å²) in [6.45, 7) is 3.95. The highest BCUT2D eigenvalue weighted by Gasteiger charge is 2.21. The molecule has 0 spiro atoms. The van der Waals surface area contributed by atoms with Crippen molar-refractivity contribution in [1.29, 1.82) is 0 Å². The lowest BCUT2D eigenvalue weighted by Gasteiger charge is -2.34. The number of halogens is 1. The molecule has 0 aliphatic carbocycles. The Kier molecular flexibility index (Phi) is 5.73. The van der Waals surface area contributed by atoms with Gasteiger partial charge in [-0.25, -0.2) is 9.78 Å². The average molecular weight is 361 g/mol. The summed E-state index contributed by atoms with van der Waals surface area (Å²) in [5.74, 6) is 0.522. The predicted molar refractivity (Wildman–Crippen MR) is 98.1 cm³/mol. The van der Waals surface area contributed by atoms with E-state index >= 15 is 0 Å². The van der Waals surface area contributed by atoms with Crippen molar-refractivity contribution in [1.82, 2.24) is 14.8 Å². The standard InChI is InChI=1S/C18H21ClN4O2/c1-25-17-7-6-16(12-20-17)21-18(24)23-10-8-22(9-11-23)13-14-2-4-15(19)5-3-14/h2-7,12H,8-11,13H2,1H3,(H,21,24). The maximum atomic E-state index is 12.3. The highest BCUT2D eigenvalue weighted by Crippen LogP contribution is 2.15. The lowest BCUT2D eigenvalue weighted by molar-refractivity contribution is 0.143. The van der Waals surface area contributed by atoms with Crippen molar-refractivity contribution in [3.63, 3.8) is 0 Å². The lowest BCUT2D eigenvalue weighted by atomic mass is 10.2. The van der Waals surface area contributed by atoms with Crippen LogP contribution in [0.2, 0.25) is 5.02 Å². The first kappa shape index (κ1) is 17.5. The number of carbonyl (C=O) groups excluding carboxylic acids is 1. The molecule has 7 heteroatoms. The van der Waals surface area contributed by atoms with Crippen LogP contribution in [0.3, 0.4) is 0 Å². The van der Waals surface area contributed by atoms with Crippen molar-refractivity contribution in [3.05, 3.63) is 53.2 Å². The van der Waals surface area contributed by atoms with E-state index < -0.39 is 0 Å². The molecular weight excluding hydrogens is 340 g/mol. The molecule has 0 atom stereocenters. The molecule has 1 aromatic carbocycles. The molecule has 1 aliphatic heterocycles. The summed E-state index contributed by atoms with van der Waals surface area (Å²) in [5.41, 5.74) is 1.89. The molecule has 1 saturated heterocycles. The van der Waals surface area contributed by atoms with Gasteiger partial charge in [0.25, 0.3) is 0 Å². The molecule has 2 aromatic rings. The minimum atomic E-state index is -0.0990. The Morgan fingerprint density at radius 1 is 1.16 bits per heavy atom. The second kappa shape index (κ2) is 8.18. The van der Waals surface area contributed by atoms with Gasteiger partial charge in [-0.1, -0.05) is 23.7 Å². The van der Waals surface area contributed by atoms with Crippen molar-refractivity contribution >= 4 is 23.3 Å². The van der Waals surface area contributed by atoms with Gasteiger partial charge in [-0.2, -0.15) is 0 Å². The van der Waals surface area contributed by atoms with Crippen LogP contribution >= 0.6 is 11.6 Å². The van der Waals surface area contributed by atoms with Crippen molar-refractivity contribution in [2.45, 2.75) is 6.54 Å². The molecule has 0 bridgehead atoms. The molecule has 2 heterocycles. The maximum absolute atomic E-state index is 12.3. The molecule has 0 saturated carbocycles. The zero-order valence-electron chi connectivity index (χ0n) is 14.1. The third-order valence-electron chi connectivity index (χ3n) is 4.18. The molecule has 3 rings (SSSR count). The molecule has 0 radical (unpaired) electrons. The Balaban J connectivity index is 1.47. The average Bonchev–Trinajstić information content (AvgIpc) is 2.65. The molecule has 6 nitrogen and oxygen atoms in total. The van der Waals surface area contributed by atoms with Crippen LogP contribution < -0.4 is 10.1 Å². The summed E-state index contributed by atoms with van der Waals surface area (Å²) in [7, 11) is 1.56. The highest BCUT2D eigenvalue weighted by molar-refractivity contribution is 6.30. The minimum absolute atomic E-state index is 0.0990. The summed E-state index contributed by atoms with van der Waals surface area (Å²) >= 11 is 5.92. The van der Waals surface area contributed by atoms with Gasteiger partial charge in [-0.05, 0) is 23.8 Å². The van der Waals surface area contributed by atoms with Crippen LogP contribution in [0.25, 0.3) is 0 Å². The van der Waals surface area contributed by atoms with Gasteiger partial charge in [0.15, 0.2) is 0 Å². The Hall–Kier alpha value is -2.31. The van der Waals surface area contributed by atoms with Crippen LogP contribution in [0.1, 0.15) is 5.56 Å². The summed E-state index contributed by atoms with van der Waals surface area (Å²) < 4.78 is 5.01.